The second-order valence-corrected chi connectivity index (χ2v) is 5.83. The number of rotatable bonds is 2. The minimum absolute atomic E-state index is 0.0517. The largest absolute Gasteiger partial charge is 0.477 e. The first-order valence-corrected chi connectivity index (χ1v) is 7.37. The predicted octanol–water partition coefficient (Wildman–Crippen LogP) is 0.638. The molecule has 21 heavy (non-hydrogen) atoms. The summed E-state index contributed by atoms with van der Waals surface area (Å²) in [6.45, 7) is 1.82. The van der Waals surface area contributed by atoms with E-state index in [-0.39, 0.29) is 17.0 Å². The molecule has 1 unspecified atom stereocenters. The molecule has 8 heteroatoms. The maximum absolute atomic E-state index is 12.1. The zero-order chi connectivity index (χ0) is 14.6. The maximum atomic E-state index is 12.1. The van der Waals surface area contributed by atoms with Crippen LogP contribution < -0.4 is 0 Å². The van der Waals surface area contributed by atoms with Crippen LogP contribution in [0.3, 0.4) is 0 Å². The number of carbonyl (C=O) groups excluding carboxylic acids is 1. The maximum Gasteiger partial charge on any atom is 0.353 e. The van der Waals surface area contributed by atoms with Gasteiger partial charge >= 0.3 is 5.97 Å². The zero-order valence-corrected chi connectivity index (χ0v) is 11.7. The highest BCUT2D eigenvalue weighted by atomic mass is 32.2. The average molecular weight is 305 g/mol. The third-order valence-electron chi connectivity index (χ3n) is 3.72. The lowest BCUT2D eigenvalue weighted by Gasteiger charge is -2.37. The molecular formula is C13H11N3O4S. The van der Waals surface area contributed by atoms with Crippen molar-refractivity contribution in [2.24, 2.45) is 0 Å². The van der Waals surface area contributed by atoms with Gasteiger partial charge in [-0.15, -0.1) is 11.8 Å². The average Bonchev–Trinajstić information content (AvgIpc) is 3.06. The summed E-state index contributed by atoms with van der Waals surface area (Å²) in [6.07, 6.45) is 3.52. The van der Waals surface area contributed by atoms with Gasteiger partial charge < -0.3 is 14.4 Å². The lowest BCUT2D eigenvalue weighted by atomic mass is 10.0. The van der Waals surface area contributed by atoms with Crippen molar-refractivity contribution in [1.29, 1.82) is 0 Å². The molecular weight excluding hydrogens is 294 g/mol. The topological polar surface area (TPSA) is 84.7 Å². The molecule has 1 fully saturated rings. The molecule has 3 aliphatic rings. The van der Waals surface area contributed by atoms with Crippen molar-refractivity contribution in [1.82, 2.24) is 14.5 Å². The van der Waals surface area contributed by atoms with E-state index >= 15 is 0 Å². The molecule has 1 aromatic heterocycles. The van der Waals surface area contributed by atoms with Crippen molar-refractivity contribution in [2.75, 3.05) is 6.61 Å². The van der Waals surface area contributed by atoms with Crippen LogP contribution in [-0.2, 0) is 27.5 Å². The van der Waals surface area contributed by atoms with Gasteiger partial charge in [-0.1, -0.05) is 0 Å². The molecule has 0 saturated carbocycles. The van der Waals surface area contributed by atoms with Crippen LogP contribution in [0, 0.1) is 0 Å². The summed E-state index contributed by atoms with van der Waals surface area (Å²) in [7, 11) is 0. The number of aliphatic carboxylic acids is 1. The van der Waals surface area contributed by atoms with E-state index in [1.807, 2.05) is 4.57 Å². The number of β-lactam (4-membered cyclic amide) rings is 1. The Morgan fingerprint density at radius 2 is 2.43 bits per heavy atom. The predicted molar refractivity (Wildman–Crippen MR) is 73.8 cm³/mol. The highest BCUT2D eigenvalue weighted by Gasteiger charge is 2.49. The molecule has 1 atom stereocenters. The molecule has 1 saturated heterocycles. The Morgan fingerprint density at radius 3 is 3.24 bits per heavy atom. The standard InChI is InChI=1S/C13H11N3O4S/c17-11-8(12-16(11)9(6-21-12)13(18)19)3-7-4-14-10-5-20-2-1-15(7)10/h3-4,6,12H,1-2,5H2,(H,18,19)/b8-3-. The molecule has 0 bridgehead atoms. The molecule has 4 rings (SSSR count). The molecule has 1 amide bonds. The van der Waals surface area contributed by atoms with Gasteiger partial charge in [0.15, 0.2) is 0 Å². The van der Waals surface area contributed by atoms with Gasteiger partial charge in [0.2, 0.25) is 0 Å². The third-order valence-corrected chi connectivity index (χ3v) is 4.80. The van der Waals surface area contributed by atoms with Gasteiger partial charge in [-0.25, -0.2) is 9.78 Å². The van der Waals surface area contributed by atoms with Crippen LogP contribution in [0.1, 0.15) is 11.5 Å². The summed E-state index contributed by atoms with van der Waals surface area (Å²) in [4.78, 5) is 28.8. The van der Waals surface area contributed by atoms with Crippen LogP contribution in [0.25, 0.3) is 6.08 Å². The number of aromatic nitrogens is 2. The fourth-order valence-corrected chi connectivity index (χ4v) is 3.78. The first kappa shape index (κ1) is 12.7. The van der Waals surface area contributed by atoms with Crippen molar-refractivity contribution < 1.29 is 19.4 Å². The molecule has 1 N–H and O–H groups in total. The Kier molecular flexibility index (Phi) is 2.69. The smallest absolute Gasteiger partial charge is 0.353 e. The lowest BCUT2D eigenvalue weighted by Crippen LogP contribution is -2.51. The highest BCUT2D eigenvalue weighted by Crippen LogP contribution is 2.45. The van der Waals surface area contributed by atoms with E-state index in [0.29, 0.717) is 25.3 Å². The first-order valence-electron chi connectivity index (χ1n) is 6.43. The molecule has 0 aromatic carbocycles. The van der Waals surface area contributed by atoms with Gasteiger partial charge in [-0.3, -0.25) is 9.69 Å². The summed E-state index contributed by atoms with van der Waals surface area (Å²) < 4.78 is 7.35. The lowest BCUT2D eigenvalue weighted by molar-refractivity contribution is -0.141. The second-order valence-electron chi connectivity index (χ2n) is 4.88. The van der Waals surface area contributed by atoms with Gasteiger partial charge in [-0.2, -0.15) is 0 Å². The Balaban J connectivity index is 1.63. The number of carboxylic acid groups (broad SMARTS) is 1. The first-order chi connectivity index (χ1) is 10.2. The second kappa shape index (κ2) is 4.47. The van der Waals surface area contributed by atoms with Gasteiger partial charge in [0.1, 0.15) is 23.5 Å². The number of carbonyl (C=O) groups is 2. The van der Waals surface area contributed by atoms with Gasteiger partial charge in [-0.05, 0) is 6.08 Å². The van der Waals surface area contributed by atoms with Crippen LogP contribution in [0.5, 0.6) is 0 Å². The molecule has 0 aliphatic carbocycles. The Hall–Kier alpha value is -2.06. The molecule has 4 heterocycles. The summed E-state index contributed by atoms with van der Waals surface area (Å²) >= 11 is 1.34. The van der Waals surface area contributed by atoms with Crippen LogP contribution >= 0.6 is 11.8 Å². The highest BCUT2D eigenvalue weighted by molar-refractivity contribution is 8.03. The SMILES string of the molecule is O=C(O)C1=CSC2/C(=C\c3cnc4n3CCOC4)C(=O)N12. The molecule has 0 radical (unpaired) electrons. The number of nitrogens with zero attached hydrogens (tertiary/aromatic N) is 3. The van der Waals surface area contributed by atoms with Crippen LogP contribution in [0.4, 0.5) is 0 Å². The van der Waals surface area contributed by atoms with Crippen molar-refractivity contribution >= 4 is 29.7 Å². The summed E-state index contributed by atoms with van der Waals surface area (Å²) in [5.74, 6) is -0.474. The Labute approximate surface area is 123 Å². The number of hydrogen-bond donors (Lipinski definition) is 1. The van der Waals surface area contributed by atoms with E-state index < -0.39 is 5.97 Å². The van der Waals surface area contributed by atoms with Crippen LogP contribution in [0.15, 0.2) is 22.9 Å². The zero-order valence-electron chi connectivity index (χ0n) is 10.9. The van der Waals surface area contributed by atoms with Gasteiger partial charge in [0.25, 0.3) is 5.91 Å². The summed E-state index contributed by atoms with van der Waals surface area (Å²) in [5.41, 5.74) is 1.53. The van der Waals surface area contributed by atoms with E-state index in [4.69, 9.17) is 9.84 Å². The van der Waals surface area contributed by atoms with E-state index in [0.717, 1.165) is 11.5 Å². The molecule has 3 aliphatic heterocycles. The van der Waals surface area contributed by atoms with Crippen molar-refractivity contribution in [2.45, 2.75) is 18.5 Å². The third kappa shape index (κ3) is 1.76. The van der Waals surface area contributed by atoms with E-state index in [1.165, 1.54) is 22.1 Å². The van der Waals surface area contributed by atoms with E-state index in [9.17, 15) is 9.59 Å². The number of thioether (sulfide) groups is 1. The molecule has 7 nitrogen and oxygen atoms in total. The fraction of sp³-hybridized carbons (Fsp3) is 0.308. The van der Waals surface area contributed by atoms with Gasteiger partial charge in [0.05, 0.1) is 24.1 Å². The Bertz CT molecular complexity index is 721. The monoisotopic (exact) mass is 305 g/mol. The number of amides is 1. The number of ether oxygens (including phenoxy) is 1. The van der Waals surface area contributed by atoms with Crippen LogP contribution in [-0.4, -0.2) is 43.4 Å². The number of fused-ring (bicyclic) bond motifs is 2. The quantitative estimate of drug-likeness (QED) is 0.637. The Morgan fingerprint density at radius 1 is 1.57 bits per heavy atom. The minimum Gasteiger partial charge on any atom is -0.477 e. The summed E-state index contributed by atoms with van der Waals surface area (Å²) in [5, 5.41) is 10.3. The number of carboxylic acids is 1. The van der Waals surface area contributed by atoms with Gasteiger partial charge in [0, 0.05) is 12.0 Å². The minimum atomic E-state index is -1.07. The molecule has 1 aromatic rings. The molecule has 108 valence electrons. The normalized spacial score (nSPS) is 25.4. The van der Waals surface area contributed by atoms with E-state index in [2.05, 4.69) is 4.98 Å². The molecule has 0 spiro atoms. The summed E-state index contributed by atoms with van der Waals surface area (Å²) in [6, 6.07) is 0. The van der Waals surface area contributed by atoms with Crippen molar-refractivity contribution in [3.63, 3.8) is 0 Å². The van der Waals surface area contributed by atoms with E-state index in [1.54, 1.807) is 12.3 Å². The van der Waals surface area contributed by atoms with Crippen molar-refractivity contribution in [3.8, 4) is 0 Å². The van der Waals surface area contributed by atoms with Crippen molar-refractivity contribution in [3.05, 3.63) is 34.4 Å². The van der Waals surface area contributed by atoms with Crippen LogP contribution in [0.2, 0.25) is 0 Å². The number of hydrogen-bond acceptors (Lipinski definition) is 5. The fourth-order valence-electron chi connectivity index (χ4n) is 2.66. The number of imidazole rings is 1.